The molecule has 1 saturated carbocycles. The molecule has 0 radical (unpaired) electrons. The third kappa shape index (κ3) is 8.49. The molecular weight excluding hydrogens is 490 g/mol. The molecular formula is C28H39N3O5S. The number of methoxy groups -OCH3 is 2. The number of nitrogens with one attached hydrogen (secondary N) is 1. The summed E-state index contributed by atoms with van der Waals surface area (Å²) >= 11 is 0. The van der Waals surface area contributed by atoms with Gasteiger partial charge in [0.05, 0.1) is 24.8 Å². The van der Waals surface area contributed by atoms with Crippen LogP contribution in [0.5, 0.6) is 11.5 Å². The van der Waals surface area contributed by atoms with Gasteiger partial charge in [-0.3, -0.25) is 9.10 Å². The highest BCUT2D eigenvalue weighted by Crippen LogP contribution is 2.32. The highest BCUT2D eigenvalue weighted by Gasteiger charge is 2.28. The number of rotatable bonds is 8. The first kappa shape index (κ1) is 28.5. The third-order valence-electron chi connectivity index (χ3n) is 6.54. The minimum Gasteiger partial charge on any atom is -0.493 e. The first-order valence-corrected chi connectivity index (χ1v) is 14.5. The fourth-order valence-electron chi connectivity index (χ4n) is 4.45. The van der Waals surface area contributed by atoms with E-state index in [9.17, 15) is 13.2 Å². The lowest BCUT2D eigenvalue weighted by Gasteiger charge is -2.24. The van der Waals surface area contributed by atoms with Gasteiger partial charge in [0.15, 0.2) is 11.5 Å². The molecule has 2 aromatic carbocycles. The average Bonchev–Trinajstić information content (AvgIpc) is 2.91. The van der Waals surface area contributed by atoms with E-state index in [0.29, 0.717) is 11.4 Å². The number of amides is 1. The summed E-state index contributed by atoms with van der Waals surface area (Å²) in [5, 5.41) is 4.42. The Morgan fingerprint density at radius 2 is 1.41 bits per heavy atom. The van der Waals surface area contributed by atoms with Crippen LogP contribution < -0.4 is 19.2 Å². The molecule has 0 saturated heterocycles. The molecule has 1 fully saturated rings. The van der Waals surface area contributed by atoms with Gasteiger partial charge in [0.1, 0.15) is 6.54 Å². The summed E-state index contributed by atoms with van der Waals surface area (Å²) in [6.07, 6.45) is 12.5. The van der Waals surface area contributed by atoms with Crippen LogP contribution in [-0.4, -0.2) is 40.8 Å². The SMILES string of the molecule is COc1ccc(S(=O)(=O)N(CC(=O)NN=C2CCCCCCCCCCC2)c2ccccc2)cc1OC. The van der Waals surface area contributed by atoms with E-state index in [2.05, 4.69) is 10.5 Å². The van der Waals surface area contributed by atoms with Gasteiger partial charge >= 0.3 is 0 Å². The number of ether oxygens (including phenoxy) is 2. The second kappa shape index (κ2) is 14.6. The number of hydrogen-bond acceptors (Lipinski definition) is 6. The summed E-state index contributed by atoms with van der Waals surface area (Å²) in [4.78, 5) is 13.0. The second-order valence-electron chi connectivity index (χ2n) is 9.26. The normalized spacial score (nSPS) is 15.6. The standard InChI is InChI=1S/C28H39N3O5S/c1-35-26-20-19-25(21-27(26)36-2)37(33,34)31(24-17-13-10-14-18-24)22-28(32)30-29-23-15-11-8-6-4-3-5-7-9-12-16-23/h10,13-14,17-21H,3-9,11-12,15-16,22H2,1-2H3,(H,30,32). The number of anilines is 1. The Kier molecular flexibility index (Phi) is 11.3. The molecule has 0 bridgehead atoms. The van der Waals surface area contributed by atoms with Crippen LogP contribution in [0.15, 0.2) is 58.5 Å². The predicted molar refractivity (Wildman–Crippen MR) is 147 cm³/mol. The molecule has 1 N–H and O–H groups in total. The molecule has 202 valence electrons. The first-order chi connectivity index (χ1) is 18.0. The van der Waals surface area contributed by atoms with Crippen LogP contribution in [0, 0.1) is 0 Å². The van der Waals surface area contributed by atoms with Crippen LogP contribution in [-0.2, 0) is 14.8 Å². The summed E-state index contributed by atoms with van der Waals surface area (Å²) < 4.78 is 39.0. The molecule has 0 aliphatic heterocycles. The van der Waals surface area contributed by atoms with Crippen LogP contribution in [0.4, 0.5) is 5.69 Å². The van der Waals surface area contributed by atoms with Gasteiger partial charge in [0.25, 0.3) is 15.9 Å². The molecule has 8 nitrogen and oxygen atoms in total. The molecule has 0 atom stereocenters. The molecule has 0 aromatic heterocycles. The highest BCUT2D eigenvalue weighted by atomic mass is 32.2. The molecule has 1 aliphatic rings. The van der Waals surface area contributed by atoms with Gasteiger partial charge in [0, 0.05) is 11.8 Å². The first-order valence-electron chi connectivity index (χ1n) is 13.1. The van der Waals surface area contributed by atoms with Gasteiger partial charge in [-0.25, -0.2) is 13.8 Å². The number of sulfonamides is 1. The third-order valence-corrected chi connectivity index (χ3v) is 8.31. The Hall–Kier alpha value is -3.07. The average molecular weight is 530 g/mol. The fraction of sp³-hybridized carbons (Fsp3) is 0.500. The van der Waals surface area contributed by atoms with Crippen LogP contribution in [0.2, 0.25) is 0 Å². The number of carbonyl (C=O) groups is 1. The maximum atomic E-state index is 13.7. The quantitative estimate of drug-likeness (QED) is 0.444. The van der Waals surface area contributed by atoms with Gasteiger partial charge in [-0.1, -0.05) is 63.1 Å². The summed E-state index contributed by atoms with van der Waals surface area (Å²) in [6.45, 7) is -0.405. The Morgan fingerprint density at radius 1 is 0.838 bits per heavy atom. The summed E-state index contributed by atoms with van der Waals surface area (Å²) in [5.41, 5.74) is 3.98. The molecule has 0 unspecified atom stereocenters. The van der Waals surface area contributed by atoms with Gasteiger partial charge in [-0.15, -0.1) is 0 Å². The van der Waals surface area contributed by atoms with E-state index in [1.54, 1.807) is 30.3 Å². The second-order valence-corrected chi connectivity index (χ2v) is 11.1. The van der Waals surface area contributed by atoms with Gasteiger partial charge < -0.3 is 9.47 Å². The monoisotopic (exact) mass is 529 g/mol. The minimum atomic E-state index is -4.09. The highest BCUT2D eigenvalue weighted by molar-refractivity contribution is 7.92. The lowest BCUT2D eigenvalue weighted by atomic mass is 10.00. The molecule has 1 aliphatic carbocycles. The van der Waals surface area contributed by atoms with Crippen molar-refractivity contribution >= 4 is 27.3 Å². The number of nitrogens with zero attached hydrogens (tertiary/aromatic N) is 2. The van der Waals surface area contributed by atoms with E-state index in [4.69, 9.17) is 9.47 Å². The predicted octanol–water partition coefficient (Wildman–Crippen LogP) is 5.68. The lowest BCUT2D eigenvalue weighted by molar-refractivity contribution is -0.119. The molecule has 1 amide bonds. The van der Waals surface area contributed by atoms with Crippen molar-refractivity contribution in [1.82, 2.24) is 5.43 Å². The molecule has 3 rings (SSSR count). The topological polar surface area (TPSA) is 97.3 Å². The zero-order chi connectivity index (χ0) is 26.5. The largest absolute Gasteiger partial charge is 0.493 e. The zero-order valence-electron chi connectivity index (χ0n) is 21.9. The van der Waals surface area contributed by atoms with Crippen molar-refractivity contribution < 1.29 is 22.7 Å². The maximum Gasteiger partial charge on any atom is 0.264 e. The zero-order valence-corrected chi connectivity index (χ0v) is 22.8. The number of benzene rings is 2. The molecule has 37 heavy (non-hydrogen) atoms. The van der Waals surface area contributed by atoms with Crippen LogP contribution in [0.3, 0.4) is 0 Å². The fourth-order valence-corrected chi connectivity index (χ4v) is 5.89. The van der Waals surface area contributed by atoms with E-state index in [-0.39, 0.29) is 10.6 Å². The molecule has 0 heterocycles. The van der Waals surface area contributed by atoms with Gasteiger partial charge in [-0.2, -0.15) is 5.10 Å². The van der Waals surface area contributed by atoms with E-state index in [1.807, 2.05) is 0 Å². The van der Waals surface area contributed by atoms with Crippen LogP contribution >= 0.6 is 0 Å². The Balaban J connectivity index is 1.78. The summed E-state index contributed by atoms with van der Waals surface area (Å²) in [7, 11) is -1.16. The van der Waals surface area contributed by atoms with Crippen molar-refractivity contribution in [2.75, 3.05) is 25.1 Å². The number of carbonyl (C=O) groups excluding carboxylic acids is 1. The minimum absolute atomic E-state index is 0.00701. The van der Waals surface area contributed by atoms with Crippen molar-refractivity contribution in [2.24, 2.45) is 5.10 Å². The lowest BCUT2D eigenvalue weighted by Crippen LogP contribution is -2.39. The summed E-state index contributed by atoms with van der Waals surface area (Å²) in [5.74, 6) is 0.208. The Labute approximate surface area is 221 Å². The Morgan fingerprint density at radius 3 is 1.97 bits per heavy atom. The van der Waals surface area contributed by atoms with Crippen molar-refractivity contribution in [3.63, 3.8) is 0 Å². The Bertz CT molecular complexity index is 1120. The molecule has 0 spiro atoms. The van der Waals surface area contributed by atoms with Gasteiger partial charge in [0.2, 0.25) is 0 Å². The van der Waals surface area contributed by atoms with Crippen molar-refractivity contribution in [1.29, 1.82) is 0 Å². The van der Waals surface area contributed by atoms with E-state index in [0.717, 1.165) is 48.5 Å². The van der Waals surface area contributed by atoms with Crippen molar-refractivity contribution in [3.05, 3.63) is 48.5 Å². The van der Waals surface area contributed by atoms with Crippen LogP contribution in [0.1, 0.15) is 70.6 Å². The molecule has 2 aromatic rings. The van der Waals surface area contributed by atoms with E-state index >= 15 is 0 Å². The number of para-hydroxylation sites is 1. The van der Waals surface area contributed by atoms with Crippen molar-refractivity contribution in [2.45, 2.75) is 75.5 Å². The maximum absolute atomic E-state index is 13.7. The molecule has 9 heteroatoms. The van der Waals surface area contributed by atoms with Crippen LogP contribution in [0.25, 0.3) is 0 Å². The number of hydrazone groups is 1. The van der Waals surface area contributed by atoms with Crippen molar-refractivity contribution in [3.8, 4) is 11.5 Å². The van der Waals surface area contributed by atoms with E-state index < -0.39 is 22.5 Å². The smallest absolute Gasteiger partial charge is 0.264 e. The summed E-state index contributed by atoms with van der Waals surface area (Å²) in [6, 6.07) is 12.9. The van der Waals surface area contributed by atoms with E-state index in [1.165, 1.54) is 64.5 Å². The van der Waals surface area contributed by atoms with Gasteiger partial charge in [-0.05, 0) is 49.9 Å². The number of hydrogen-bond donors (Lipinski definition) is 1.